The highest BCUT2D eigenvalue weighted by Crippen LogP contribution is 2.29. The Labute approximate surface area is 188 Å². The zero-order valence-electron chi connectivity index (χ0n) is 17.4. The largest absolute Gasteiger partial charge is 0.414 e. The minimum Gasteiger partial charge on any atom is -0.387 e. The van der Waals surface area contributed by atoms with Crippen molar-refractivity contribution in [2.75, 3.05) is 45.9 Å². The first-order chi connectivity index (χ1) is 15.0. The zero-order chi connectivity index (χ0) is 21.8. The molecule has 0 spiro atoms. The lowest BCUT2D eigenvalue weighted by Crippen LogP contribution is -2.42. The maximum absolute atomic E-state index is 12.9. The number of aromatic nitrogens is 1. The normalized spacial score (nSPS) is 16.6. The van der Waals surface area contributed by atoms with Crippen molar-refractivity contribution in [3.05, 3.63) is 45.1 Å². The molecule has 1 N–H and O–H groups in total. The monoisotopic (exact) mass is 492 g/mol. The molecule has 0 saturated carbocycles. The number of nitrogens with one attached hydrogen (secondary N) is 1. The van der Waals surface area contributed by atoms with Gasteiger partial charge in [-0.25, -0.2) is 4.79 Å². The van der Waals surface area contributed by atoms with Gasteiger partial charge in [-0.2, -0.15) is 0 Å². The summed E-state index contributed by atoms with van der Waals surface area (Å²) in [6.07, 6.45) is -0.0673. The Balaban J connectivity index is 1.34. The molecule has 2 amide bonds. The number of rotatable bonds is 5. The second kappa shape index (κ2) is 9.80. The van der Waals surface area contributed by atoms with Gasteiger partial charge in [-0.15, -0.1) is 0 Å². The summed E-state index contributed by atoms with van der Waals surface area (Å²) in [5.41, 5.74) is 2.24. The van der Waals surface area contributed by atoms with Gasteiger partial charge in [0.25, 0.3) is 11.8 Å². The third-order valence-corrected chi connectivity index (χ3v) is 6.36. The summed E-state index contributed by atoms with van der Waals surface area (Å²) in [6.45, 7) is 7.07. The standard InChI is InChI=1S/C21H25BrN4O5/c1-14-12-15(2-3-17(14)22)20(27)26-6-4-18-16(13-26)19(24-31-18)30-21(28)23-5-7-25-8-10-29-11-9-25/h2-3,12H,4-11,13H2,1H3,(H,23,28). The number of nitrogens with zero attached hydrogens (tertiary/aromatic N) is 3. The molecule has 1 aromatic carbocycles. The summed E-state index contributed by atoms with van der Waals surface area (Å²) in [7, 11) is 0. The Morgan fingerprint density at radius 1 is 1.26 bits per heavy atom. The third kappa shape index (κ3) is 5.25. The average molecular weight is 493 g/mol. The topological polar surface area (TPSA) is 97.1 Å². The molecule has 31 heavy (non-hydrogen) atoms. The number of ether oxygens (including phenoxy) is 2. The van der Waals surface area contributed by atoms with Gasteiger partial charge < -0.3 is 24.2 Å². The number of morpholine rings is 1. The fourth-order valence-electron chi connectivity index (χ4n) is 3.66. The first kappa shape index (κ1) is 21.8. The molecule has 1 aromatic heterocycles. The highest BCUT2D eigenvalue weighted by Gasteiger charge is 2.29. The number of carbonyl (C=O) groups excluding carboxylic acids is 2. The Bertz CT molecular complexity index is 957. The number of fused-ring (bicyclic) bond motifs is 1. The second-order valence-corrected chi connectivity index (χ2v) is 8.45. The highest BCUT2D eigenvalue weighted by molar-refractivity contribution is 9.10. The molecule has 0 aliphatic carbocycles. The summed E-state index contributed by atoms with van der Waals surface area (Å²) in [5, 5.41) is 6.63. The van der Waals surface area contributed by atoms with E-state index in [4.69, 9.17) is 14.0 Å². The minimum absolute atomic E-state index is 0.0802. The molecule has 0 unspecified atom stereocenters. The molecule has 166 valence electrons. The maximum atomic E-state index is 12.9. The van der Waals surface area contributed by atoms with Crippen LogP contribution in [-0.2, 0) is 17.7 Å². The van der Waals surface area contributed by atoms with E-state index in [-0.39, 0.29) is 18.3 Å². The Morgan fingerprint density at radius 3 is 2.84 bits per heavy atom. The van der Waals surface area contributed by atoms with E-state index >= 15 is 0 Å². The summed E-state index contributed by atoms with van der Waals surface area (Å²) in [6, 6.07) is 5.52. The van der Waals surface area contributed by atoms with Crippen LogP contribution in [0.2, 0.25) is 0 Å². The van der Waals surface area contributed by atoms with E-state index in [1.54, 1.807) is 11.0 Å². The van der Waals surface area contributed by atoms with Crippen molar-refractivity contribution in [2.24, 2.45) is 0 Å². The fourth-order valence-corrected chi connectivity index (χ4v) is 3.91. The van der Waals surface area contributed by atoms with E-state index in [1.807, 2.05) is 19.1 Å². The van der Waals surface area contributed by atoms with Crippen molar-refractivity contribution in [1.82, 2.24) is 20.3 Å². The van der Waals surface area contributed by atoms with E-state index in [1.165, 1.54) is 0 Å². The molecule has 3 heterocycles. The lowest BCUT2D eigenvalue weighted by atomic mass is 10.1. The van der Waals surface area contributed by atoms with Crippen LogP contribution in [0.1, 0.15) is 27.2 Å². The van der Waals surface area contributed by atoms with Crippen LogP contribution < -0.4 is 10.1 Å². The molecule has 4 rings (SSSR count). The molecule has 9 nitrogen and oxygen atoms in total. The highest BCUT2D eigenvalue weighted by atomic mass is 79.9. The number of amides is 2. The smallest absolute Gasteiger partial charge is 0.387 e. The first-order valence-electron chi connectivity index (χ1n) is 10.3. The molecular formula is C21H25BrN4O5. The molecule has 2 aliphatic rings. The molecule has 0 atom stereocenters. The van der Waals surface area contributed by atoms with Crippen LogP contribution in [0.25, 0.3) is 0 Å². The van der Waals surface area contributed by atoms with Gasteiger partial charge in [-0.1, -0.05) is 15.9 Å². The molecular weight excluding hydrogens is 468 g/mol. The maximum Gasteiger partial charge on any atom is 0.414 e. The van der Waals surface area contributed by atoms with Gasteiger partial charge in [-0.3, -0.25) is 9.69 Å². The van der Waals surface area contributed by atoms with Gasteiger partial charge in [0, 0.05) is 49.2 Å². The van der Waals surface area contributed by atoms with Gasteiger partial charge in [0.1, 0.15) is 5.76 Å². The Morgan fingerprint density at radius 2 is 2.06 bits per heavy atom. The number of carbonyl (C=O) groups is 2. The van der Waals surface area contributed by atoms with Gasteiger partial charge in [0.15, 0.2) is 0 Å². The van der Waals surface area contributed by atoms with Crippen molar-refractivity contribution in [2.45, 2.75) is 19.9 Å². The Hall–Kier alpha value is -2.43. The number of hydrogen-bond acceptors (Lipinski definition) is 7. The summed E-state index contributed by atoms with van der Waals surface area (Å²) >= 11 is 3.46. The van der Waals surface area contributed by atoms with E-state index in [9.17, 15) is 9.59 Å². The number of halogens is 1. The predicted molar refractivity (Wildman–Crippen MR) is 115 cm³/mol. The first-order valence-corrected chi connectivity index (χ1v) is 11.1. The summed E-state index contributed by atoms with van der Waals surface area (Å²) < 4.78 is 17.0. The second-order valence-electron chi connectivity index (χ2n) is 7.60. The van der Waals surface area contributed by atoms with Gasteiger partial charge in [0.05, 0.1) is 25.3 Å². The number of hydrogen-bond donors (Lipinski definition) is 1. The zero-order valence-corrected chi connectivity index (χ0v) is 18.9. The molecule has 10 heteroatoms. The van der Waals surface area contributed by atoms with E-state index in [2.05, 4.69) is 31.3 Å². The van der Waals surface area contributed by atoms with Crippen molar-refractivity contribution in [1.29, 1.82) is 0 Å². The molecule has 2 aromatic rings. The van der Waals surface area contributed by atoms with Crippen LogP contribution in [0.5, 0.6) is 5.88 Å². The number of benzene rings is 1. The van der Waals surface area contributed by atoms with Crippen molar-refractivity contribution >= 4 is 27.9 Å². The predicted octanol–water partition coefficient (Wildman–Crippen LogP) is 2.36. The van der Waals surface area contributed by atoms with Crippen LogP contribution >= 0.6 is 15.9 Å². The summed E-state index contributed by atoms with van der Waals surface area (Å²) in [4.78, 5) is 29.1. The van der Waals surface area contributed by atoms with Gasteiger partial charge >= 0.3 is 6.09 Å². The molecule has 0 radical (unpaired) electrons. The van der Waals surface area contributed by atoms with Crippen LogP contribution in [0.4, 0.5) is 4.79 Å². The van der Waals surface area contributed by atoms with Crippen LogP contribution in [0.3, 0.4) is 0 Å². The Kier molecular flexibility index (Phi) is 6.89. The van der Waals surface area contributed by atoms with Crippen molar-refractivity contribution in [3.8, 4) is 5.88 Å². The van der Waals surface area contributed by atoms with Crippen molar-refractivity contribution in [3.63, 3.8) is 0 Å². The molecule has 1 saturated heterocycles. The average Bonchev–Trinajstić information content (AvgIpc) is 3.18. The van der Waals surface area contributed by atoms with E-state index in [0.717, 1.165) is 29.7 Å². The lowest BCUT2D eigenvalue weighted by Gasteiger charge is -2.26. The van der Waals surface area contributed by atoms with Crippen LogP contribution in [0.15, 0.2) is 27.2 Å². The van der Waals surface area contributed by atoms with Crippen LogP contribution in [0, 0.1) is 6.92 Å². The molecule has 0 bridgehead atoms. The van der Waals surface area contributed by atoms with Crippen molar-refractivity contribution < 1.29 is 23.6 Å². The lowest BCUT2D eigenvalue weighted by molar-refractivity contribution is 0.0385. The summed E-state index contributed by atoms with van der Waals surface area (Å²) in [5.74, 6) is 0.680. The SMILES string of the molecule is Cc1cc(C(=O)N2CCc3onc(OC(=O)NCCN4CCOCC4)c3C2)ccc1Br. The number of aryl methyl sites for hydroxylation is 1. The van der Waals surface area contributed by atoms with E-state index < -0.39 is 6.09 Å². The molecule has 1 fully saturated rings. The molecule has 2 aliphatic heterocycles. The fraction of sp³-hybridized carbons (Fsp3) is 0.476. The van der Waals surface area contributed by atoms with E-state index in [0.29, 0.717) is 49.6 Å². The third-order valence-electron chi connectivity index (χ3n) is 5.47. The quantitative estimate of drug-likeness (QED) is 0.683. The minimum atomic E-state index is -0.587. The van der Waals surface area contributed by atoms with Gasteiger partial charge in [0.2, 0.25) is 0 Å². The van der Waals surface area contributed by atoms with Gasteiger partial charge in [-0.05, 0) is 35.8 Å². The van der Waals surface area contributed by atoms with Crippen LogP contribution in [-0.4, -0.2) is 72.9 Å².